The van der Waals surface area contributed by atoms with Crippen molar-refractivity contribution in [2.45, 2.75) is 51.6 Å². The van der Waals surface area contributed by atoms with Gasteiger partial charge >= 0.3 is 12.1 Å². The Morgan fingerprint density at radius 2 is 1.73 bits per heavy atom. The molecule has 2 atom stereocenters. The molecule has 0 aliphatic heterocycles. The molecule has 0 aliphatic rings. The molecule has 4 rings (SSSR count). The highest BCUT2D eigenvalue weighted by atomic mass is 35.5. The maximum atomic E-state index is 13.5. The van der Waals surface area contributed by atoms with E-state index in [-0.39, 0.29) is 42.5 Å². The summed E-state index contributed by atoms with van der Waals surface area (Å²) in [5.41, 5.74) is 1.51. The van der Waals surface area contributed by atoms with Crippen molar-refractivity contribution < 1.29 is 27.8 Å². The number of halogens is 5. The molecule has 0 radical (unpaired) electrons. The Morgan fingerprint density at radius 3 is 2.41 bits per heavy atom. The van der Waals surface area contributed by atoms with Crippen LogP contribution in [0.4, 0.5) is 13.2 Å². The first-order valence-electron chi connectivity index (χ1n) is 13.1. The number of aromatic nitrogens is 1. The number of carboxylic acid groups (broad SMARTS) is 1. The molecular weight excluding hydrogens is 576 g/mol. The van der Waals surface area contributed by atoms with E-state index in [1.165, 1.54) is 6.07 Å². The molecule has 1 unspecified atom stereocenters. The fourth-order valence-corrected chi connectivity index (χ4v) is 5.19. The van der Waals surface area contributed by atoms with Gasteiger partial charge in [0.15, 0.2) is 0 Å². The van der Waals surface area contributed by atoms with Gasteiger partial charge < -0.3 is 14.4 Å². The molecule has 5 nitrogen and oxygen atoms in total. The van der Waals surface area contributed by atoms with Crippen LogP contribution in [-0.4, -0.2) is 39.7 Å². The quantitative estimate of drug-likeness (QED) is 0.176. The molecule has 3 aromatic carbocycles. The average molecular weight is 610 g/mol. The Hall–Kier alpha value is -3.20. The van der Waals surface area contributed by atoms with Crippen molar-refractivity contribution in [2.75, 3.05) is 13.1 Å². The van der Waals surface area contributed by atoms with Crippen molar-refractivity contribution in [3.8, 4) is 5.75 Å². The summed E-state index contributed by atoms with van der Waals surface area (Å²) >= 11 is 6.24. The molecule has 41 heavy (non-hydrogen) atoms. The minimum Gasteiger partial charge on any atom is -0.490 e. The first kappa shape index (κ1) is 32.3. The first-order valence-corrected chi connectivity index (χ1v) is 13.5. The smallest absolute Gasteiger partial charge is 0.417 e. The molecule has 1 heterocycles. The highest BCUT2D eigenvalue weighted by molar-refractivity contribution is 6.32. The van der Waals surface area contributed by atoms with Gasteiger partial charge in [0.05, 0.1) is 22.2 Å². The molecule has 0 amide bonds. The number of rotatable bonds is 12. The van der Waals surface area contributed by atoms with Gasteiger partial charge in [-0.3, -0.25) is 9.69 Å². The molecule has 0 spiro atoms. The van der Waals surface area contributed by atoms with Crippen molar-refractivity contribution in [3.63, 3.8) is 0 Å². The number of aliphatic carboxylic acids is 1. The van der Waals surface area contributed by atoms with E-state index in [1.807, 2.05) is 61.5 Å². The van der Waals surface area contributed by atoms with E-state index in [1.54, 1.807) is 16.8 Å². The summed E-state index contributed by atoms with van der Waals surface area (Å²) in [6.45, 7) is 5.36. The van der Waals surface area contributed by atoms with Gasteiger partial charge in [0, 0.05) is 31.2 Å². The lowest BCUT2D eigenvalue weighted by Crippen LogP contribution is -2.31. The lowest BCUT2D eigenvalue weighted by atomic mass is 10.00. The Labute approximate surface area is 248 Å². The van der Waals surface area contributed by atoms with Crippen LogP contribution in [0, 0.1) is 0 Å². The van der Waals surface area contributed by atoms with Crippen molar-refractivity contribution in [1.82, 2.24) is 9.47 Å². The van der Waals surface area contributed by atoms with Crippen molar-refractivity contribution in [2.24, 2.45) is 0 Å². The predicted molar refractivity (Wildman–Crippen MR) is 158 cm³/mol. The maximum Gasteiger partial charge on any atom is 0.417 e. The van der Waals surface area contributed by atoms with Gasteiger partial charge in [0.1, 0.15) is 12.3 Å². The van der Waals surface area contributed by atoms with Crippen LogP contribution in [0.1, 0.15) is 42.9 Å². The van der Waals surface area contributed by atoms with E-state index in [0.29, 0.717) is 30.8 Å². The second-order valence-electron chi connectivity index (χ2n) is 10.1. The van der Waals surface area contributed by atoms with Crippen molar-refractivity contribution in [1.29, 1.82) is 0 Å². The third kappa shape index (κ3) is 8.41. The Kier molecular flexibility index (Phi) is 11.1. The first-order chi connectivity index (χ1) is 19.0. The lowest BCUT2D eigenvalue weighted by molar-refractivity contribution is -0.138. The summed E-state index contributed by atoms with van der Waals surface area (Å²) in [6.07, 6.45) is -2.39. The van der Waals surface area contributed by atoms with Crippen LogP contribution in [0.25, 0.3) is 10.9 Å². The summed E-state index contributed by atoms with van der Waals surface area (Å²) in [5.74, 6) is -0.133. The maximum absolute atomic E-state index is 13.5. The van der Waals surface area contributed by atoms with Crippen molar-refractivity contribution >= 4 is 40.9 Å². The van der Waals surface area contributed by atoms with Crippen LogP contribution < -0.4 is 4.74 Å². The normalized spacial score (nSPS) is 13.1. The molecule has 4 aromatic rings. The zero-order valence-electron chi connectivity index (χ0n) is 22.8. The Bertz CT molecular complexity index is 1440. The van der Waals surface area contributed by atoms with Crippen LogP contribution in [0.2, 0.25) is 5.02 Å². The van der Waals surface area contributed by atoms with E-state index in [0.717, 1.165) is 22.5 Å². The number of nitrogens with zero attached hydrogens (tertiary/aromatic N) is 2. The molecule has 10 heteroatoms. The minimum atomic E-state index is -4.53. The fourth-order valence-electron chi connectivity index (χ4n) is 4.89. The summed E-state index contributed by atoms with van der Waals surface area (Å²) < 4.78 is 48.4. The SMILES string of the molecule is CC(CN(CC[C@H](C)Oc1cccc2c1ccn2CC(=O)O)Cc1cccc(C(F)(F)F)c1Cl)c1ccccc1.Cl. The standard InChI is InChI=1S/C31H32ClF3N2O3.ClH/c1-21(23-8-4-3-5-9-23)18-36(19-24-10-6-11-26(30(24)32)31(33,34)35)16-14-22(2)40-28-13-7-12-27-25(28)15-17-37(27)20-29(38)39;/h3-13,15,17,21-22H,14,16,18-20H2,1-2H3,(H,38,39);1H/t21?,22-;/m0./s1. The number of benzene rings is 3. The third-order valence-corrected chi connectivity index (χ3v) is 7.38. The summed E-state index contributed by atoms with van der Waals surface area (Å²) in [6, 6.07) is 21.4. The van der Waals surface area contributed by atoms with Gasteiger partial charge in [-0.15, -0.1) is 12.4 Å². The molecule has 0 fully saturated rings. The number of hydrogen-bond donors (Lipinski definition) is 1. The van der Waals surface area contributed by atoms with Gasteiger partial charge in [0.25, 0.3) is 0 Å². The zero-order chi connectivity index (χ0) is 28.9. The average Bonchev–Trinajstić information content (AvgIpc) is 3.31. The van der Waals surface area contributed by atoms with Gasteiger partial charge in [-0.05, 0) is 54.7 Å². The molecule has 1 aromatic heterocycles. The molecule has 1 N–H and O–H groups in total. The fraction of sp³-hybridized carbons (Fsp3) is 0.323. The summed E-state index contributed by atoms with van der Waals surface area (Å²) in [7, 11) is 0. The van der Waals surface area contributed by atoms with E-state index in [9.17, 15) is 23.1 Å². The van der Waals surface area contributed by atoms with Crippen LogP contribution in [0.15, 0.2) is 79.0 Å². The third-order valence-electron chi connectivity index (χ3n) is 6.94. The summed E-state index contributed by atoms with van der Waals surface area (Å²) in [5, 5.41) is 9.72. The number of carbonyl (C=O) groups is 1. The van der Waals surface area contributed by atoms with Crippen LogP contribution in [0.3, 0.4) is 0 Å². The van der Waals surface area contributed by atoms with Gasteiger partial charge in [0.2, 0.25) is 0 Å². The van der Waals surface area contributed by atoms with Crippen LogP contribution in [0.5, 0.6) is 5.75 Å². The van der Waals surface area contributed by atoms with E-state index < -0.39 is 17.7 Å². The minimum absolute atomic E-state index is 0. The van der Waals surface area contributed by atoms with Crippen LogP contribution >= 0.6 is 24.0 Å². The molecule has 0 aliphatic carbocycles. The molecule has 0 bridgehead atoms. The number of fused-ring (bicyclic) bond motifs is 1. The van der Waals surface area contributed by atoms with Gasteiger partial charge in [-0.2, -0.15) is 13.2 Å². The van der Waals surface area contributed by atoms with E-state index in [4.69, 9.17) is 16.3 Å². The zero-order valence-corrected chi connectivity index (χ0v) is 24.3. The van der Waals surface area contributed by atoms with E-state index >= 15 is 0 Å². The second kappa shape index (κ2) is 14.1. The highest BCUT2D eigenvalue weighted by Gasteiger charge is 2.34. The van der Waals surface area contributed by atoms with Gasteiger partial charge in [-0.25, -0.2) is 0 Å². The number of carboxylic acids is 1. The Balaban J connectivity index is 0.00000462. The number of ether oxygens (including phenoxy) is 1. The number of alkyl halides is 3. The number of hydrogen-bond acceptors (Lipinski definition) is 3. The molecule has 220 valence electrons. The molecule has 0 saturated carbocycles. The molecule has 0 saturated heterocycles. The Morgan fingerprint density at radius 1 is 1.02 bits per heavy atom. The second-order valence-corrected chi connectivity index (χ2v) is 10.4. The van der Waals surface area contributed by atoms with E-state index in [2.05, 4.69) is 11.8 Å². The summed E-state index contributed by atoms with van der Waals surface area (Å²) in [4.78, 5) is 13.3. The topological polar surface area (TPSA) is 54.7 Å². The van der Waals surface area contributed by atoms with Crippen molar-refractivity contribution in [3.05, 3.63) is 101 Å². The predicted octanol–water partition coefficient (Wildman–Crippen LogP) is 8.28. The highest BCUT2D eigenvalue weighted by Crippen LogP contribution is 2.37. The lowest BCUT2D eigenvalue weighted by Gasteiger charge is -2.28. The largest absolute Gasteiger partial charge is 0.490 e. The monoisotopic (exact) mass is 608 g/mol. The van der Waals surface area contributed by atoms with Gasteiger partial charge in [-0.1, -0.05) is 67.1 Å². The molecular formula is C31H33Cl2F3N2O3. The van der Waals surface area contributed by atoms with Crippen LogP contribution in [-0.2, 0) is 24.1 Å².